The van der Waals surface area contributed by atoms with Crippen molar-refractivity contribution in [3.63, 3.8) is 0 Å². The van der Waals surface area contributed by atoms with E-state index in [1.54, 1.807) is 0 Å². The van der Waals surface area contributed by atoms with Crippen LogP contribution in [0.2, 0.25) is 0 Å². The summed E-state index contributed by atoms with van der Waals surface area (Å²) in [6, 6.07) is 8.65. The first kappa shape index (κ1) is 11.8. The molecule has 0 heterocycles. The molecule has 1 aromatic carbocycles. The van der Waals surface area contributed by atoms with E-state index in [-0.39, 0.29) is 0 Å². The average Bonchev–Trinajstić information content (AvgIpc) is 2.59. The predicted octanol–water partition coefficient (Wildman–Crippen LogP) is 4.62. The Bertz CT molecular complexity index is 381. The lowest BCUT2D eigenvalue weighted by molar-refractivity contribution is 1.19. The van der Waals surface area contributed by atoms with Crippen molar-refractivity contribution in [3.8, 4) is 0 Å². The molecule has 0 aromatic heterocycles. The smallest absolute Gasteiger partial charge is 0.00545 e. The third kappa shape index (κ3) is 2.38. The summed E-state index contributed by atoms with van der Waals surface area (Å²) in [5.41, 5.74) is 5.78. The Balaban J connectivity index is 0.000000531. The lowest BCUT2D eigenvalue weighted by Crippen LogP contribution is -1.80. The van der Waals surface area contributed by atoms with Gasteiger partial charge < -0.3 is 0 Å². The molecule has 1 aromatic rings. The number of fused-ring (bicyclic) bond motifs is 1. The minimum atomic E-state index is 1.12. The van der Waals surface area contributed by atoms with E-state index < -0.39 is 0 Å². The highest BCUT2D eigenvalue weighted by atomic mass is 14.2. The molecular weight excluding hydrogens is 180 g/mol. The van der Waals surface area contributed by atoms with Crippen LogP contribution in [0.25, 0.3) is 5.57 Å². The van der Waals surface area contributed by atoms with E-state index in [2.05, 4.69) is 50.3 Å². The van der Waals surface area contributed by atoms with Crippen LogP contribution in [0.3, 0.4) is 0 Å². The fraction of sp³-hybridized carbons (Fsp3) is 0.333. The molecular formula is C15H20. The highest BCUT2D eigenvalue weighted by Crippen LogP contribution is 2.32. The Labute approximate surface area is 93.3 Å². The van der Waals surface area contributed by atoms with E-state index in [1.165, 1.54) is 22.3 Å². The molecule has 0 aliphatic heterocycles. The molecule has 15 heavy (non-hydrogen) atoms. The van der Waals surface area contributed by atoms with E-state index >= 15 is 0 Å². The first-order chi connectivity index (χ1) is 7.33. The van der Waals surface area contributed by atoms with Crippen molar-refractivity contribution < 1.29 is 0 Å². The quantitative estimate of drug-likeness (QED) is 0.620. The van der Waals surface area contributed by atoms with Crippen molar-refractivity contribution in [1.82, 2.24) is 0 Å². The molecule has 0 fully saturated rings. The van der Waals surface area contributed by atoms with Crippen LogP contribution in [-0.4, -0.2) is 0 Å². The molecule has 1 aliphatic carbocycles. The van der Waals surface area contributed by atoms with Gasteiger partial charge in [-0.15, -0.1) is 0 Å². The highest BCUT2D eigenvalue weighted by Gasteiger charge is 2.15. The molecule has 0 saturated heterocycles. The van der Waals surface area contributed by atoms with Crippen LogP contribution in [0, 0.1) is 0 Å². The SMILES string of the molecule is C/C=C\C1=C(C)Cc2ccccc21.CC. The van der Waals surface area contributed by atoms with Gasteiger partial charge in [-0.05, 0) is 37.0 Å². The summed E-state index contributed by atoms with van der Waals surface area (Å²) in [7, 11) is 0. The largest absolute Gasteiger partial charge is 0.0870 e. The maximum atomic E-state index is 2.22. The normalized spacial score (nSPS) is 13.9. The molecule has 2 rings (SSSR count). The molecule has 0 atom stereocenters. The van der Waals surface area contributed by atoms with Crippen molar-refractivity contribution in [2.75, 3.05) is 0 Å². The monoisotopic (exact) mass is 200 g/mol. The Morgan fingerprint density at radius 2 is 1.80 bits per heavy atom. The first-order valence-electron chi connectivity index (χ1n) is 5.73. The molecule has 0 saturated carbocycles. The van der Waals surface area contributed by atoms with Gasteiger partial charge in [-0.2, -0.15) is 0 Å². The van der Waals surface area contributed by atoms with Crippen LogP contribution in [0.4, 0.5) is 0 Å². The Kier molecular flexibility index (Phi) is 4.36. The summed E-state index contributed by atoms with van der Waals surface area (Å²) in [5.74, 6) is 0. The van der Waals surface area contributed by atoms with Gasteiger partial charge in [0.1, 0.15) is 0 Å². The van der Waals surface area contributed by atoms with E-state index in [0.717, 1.165) is 6.42 Å². The standard InChI is InChI=1S/C13H14.C2H6/c1-3-6-12-10(2)9-11-7-4-5-8-13(11)12;1-2/h3-8H,9H2,1-2H3;1-2H3/b6-3-;. The van der Waals surface area contributed by atoms with Crippen molar-refractivity contribution in [2.24, 2.45) is 0 Å². The maximum absolute atomic E-state index is 2.22. The fourth-order valence-corrected chi connectivity index (χ4v) is 1.95. The third-order valence-electron chi connectivity index (χ3n) is 2.56. The zero-order valence-corrected chi connectivity index (χ0v) is 10.2. The van der Waals surface area contributed by atoms with Gasteiger partial charge in [0.25, 0.3) is 0 Å². The minimum Gasteiger partial charge on any atom is -0.0870 e. The van der Waals surface area contributed by atoms with E-state index in [9.17, 15) is 0 Å². The van der Waals surface area contributed by atoms with E-state index in [0.29, 0.717) is 0 Å². The van der Waals surface area contributed by atoms with Crippen molar-refractivity contribution in [1.29, 1.82) is 0 Å². The van der Waals surface area contributed by atoms with E-state index in [1.807, 2.05) is 13.8 Å². The van der Waals surface area contributed by atoms with Crippen LogP contribution in [-0.2, 0) is 6.42 Å². The van der Waals surface area contributed by atoms with Crippen LogP contribution >= 0.6 is 0 Å². The number of rotatable bonds is 1. The Morgan fingerprint density at radius 1 is 1.13 bits per heavy atom. The summed E-state index contributed by atoms with van der Waals surface area (Å²) in [6.07, 6.45) is 5.44. The second-order valence-corrected chi connectivity index (χ2v) is 3.53. The zero-order chi connectivity index (χ0) is 11.3. The summed E-state index contributed by atoms with van der Waals surface area (Å²) >= 11 is 0. The van der Waals surface area contributed by atoms with Gasteiger partial charge in [-0.1, -0.05) is 55.8 Å². The summed E-state index contributed by atoms with van der Waals surface area (Å²) in [4.78, 5) is 0. The molecule has 0 nitrogen and oxygen atoms in total. The van der Waals surface area contributed by atoms with Crippen LogP contribution < -0.4 is 0 Å². The number of allylic oxidation sites excluding steroid dienone is 4. The summed E-state index contributed by atoms with van der Waals surface area (Å²) in [5, 5.41) is 0. The average molecular weight is 200 g/mol. The maximum Gasteiger partial charge on any atom is -0.00545 e. The Morgan fingerprint density at radius 3 is 2.47 bits per heavy atom. The molecule has 0 radical (unpaired) electrons. The molecule has 0 bridgehead atoms. The first-order valence-corrected chi connectivity index (χ1v) is 5.73. The van der Waals surface area contributed by atoms with Gasteiger partial charge >= 0.3 is 0 Å². The van der Waals surface area contributed by atoms with Crippen molar-refractivity contribution in [2.45, 2.75) is 34.1 Å². The van der Waals surface area contributed by atoms with Gasteiger partial charge in [0.15, 0.2) is 0 Å². The lowest BCUT2D eigenvalue weighted by Gasteiger charge is -1.99. The molecule has 1 aliphatic rings. The summed E-state index contributed by atoms with van der Waals surface area (Å²) in [6.45, 7) is 8.29. The third-order valence-corrected chi connectivity index (χ3v) is 2.56. The fourth-order valence-electron chi connectivity index (χ4n) is 1.95. The molecule has 0 heteroatoms. The topological polar surface area (TPSA) is 0 Å². The van der Waals surface area contributed by atoms with Crippen molar-refractivity contribution >= 4 is 5.57 Å². The minimum absolute atomic E-state index is 1.12. The molecule has 0 unspecified atom stereocenters. The van der Waals surface area contributed by atoms with Gasteiger partial charge in [0.05, 0.1) is 0 Å². The van der Waals surface area contributed by atoms with E-state index in [4.69, 9.17) is 0 Å². The molecule has 0 N–H and O–H groups in total. The van der Waals surface area contributed by atoms with Crippen LogP contribution in [0.1, 0.15) is 38.8 Å². The number of hydrogen-bond acceptors (Lipinski definition) is 0. The molecule has 80 valence electrons. The molecule has 0 spiro atoms. The molecule has 0 amide bonds. The number of hydrogen-bond donors (Lipinski definition) is 0. The van der Waals surface area contributed by atoms with Crippen LogP contribution in [0.5, 0.6) is 0 Å². The van der Waals surface area contributed by atoms with Gasteiger partial charge in [0, 0.05) is 0 Å². The predicted molar refractivity (Wildman–Crippen MR) is 68.9 cm³/mol. The van der Waals surface area contributed by atoms with Crippen LogP contribution in [0.15, 0.2) is 42.0 Å². The highest BCUT2D eigenvalue weighted by molar-refractivity contribution is 5.82. The zero-order valence-electron chi connectivity index (χ0n) is 10.2. The second kappa shape index (κ2) is 5.55. The Hall–Kier alpha value is -1.30. The summed E-state index contributed by atoms with van der Waals surface area (Å²) < 4.78 is 0. The van der Waals surface area contributed by atoms with Gasteiger partial charge in [-0.3, -0.25) is 0 Å². The lowest BCUT2D eigenvalue weighted by atomic mass is 10.1. The second-order valence-electron chi connectivity index (χ2n) is 3.53. The van der Waals surface area contributed by atoms with Gasteiger partial charge in [0.2, 0.25) is 0 Å². The van der Waals surface area contributed by atoms with Crippen molar-refractivity contribution in [3.05, 3.63) is 53.1 Å². The van der Waals surface area contributed by atoms with Gasteiger partial charge in [-0.25, -0.2) is 0 Å². The number of benzene rings is 1.